The molecule has 0 bridgehead atoms. The quantitative estimate of drug-likeness (QED) is 0.624. The first kappa shape index (κ1) is 20.7. The van der Waals surface area contributed by atoms with Crippen molar-refractivity contribution in [2.75, 3.05) is 23.0 Å². The zero-order valence-corrected chi connectivity index (χ0v) is 18.0. The summed E-state index contributed by atoms with van der Waals surface area (Å²) in [6.45, 7) is 3.89. The Morgan fingerprint density at radius 3 is 2.48 bits per heavy atom. The molecule has 160 valence electrons. The molecule has 0 saturated heterocycles. The van der Waals surface area contributed by atoms with E-state index in [-0.39, 0.29) is 23.8 Å². The first-order chi connectivity index (χ1) is 14.9. The van der Waals surface area contributed by atoms with Crippen LogP contribution in [0.5, 0.6) is 11.5 Å². The first-order valence-electron chi connectivity index (χ1n) is 9.79. The van der Waals surface area contributed by atoms with Crippen molar-refractivity contribution in [3.05, 3.63) is 77.9 Å². The predicted octanol–water partition coefficient (Wildman–Crippen LogP) is 4.19. The monoisotopic (exact) mass is 438 g/mol. The molecule has 0 radical (unpaired) electrons. The fourth-order valence-electron chi connectivity index (χ4n) is 3.40. The highest BCUT2D eigenvalue weighted by Gasteiger charge is 2.26. The number of aryl methyl sites for hydroxylation is 1. The van der Waals surface area contributed by atoms with Gasteiger partial charge in [0.05, 0.1) is 10.6 Å². The Kier molecular flexibility index (Phi) is 5.56. The second-order valence-electron chi connectivity index (χ2n) is 7.01. The van der Waals surface area contributed by atoms with E-state index in [1.165, 1.54) is 10.4 Å². The lowest BCUT2D eigenvalue weighted by molar-refractivity contribution is 0.102. The molecule has 1 aliphatic rings. The van der Waals surface area contributed by atoms with Gasteiger partial charge in [0.2, 0.25) is 6.79 Å². The number of hydrogen-bond donors (Lipinski definition) is 1. The van der Waals surface area contributed by atoms with Crippen molar-refractivity contribution in [3.63, 3.8) is 0 Å². The third-order valence-electron chi connectivity index (χ3n) is 4.98. The maximum Gasteiger partial charge on any atom is 0.264 e. The summed E-state index contributed by atoms with van der Waals surface area (Å²) in [6.07, 6.45) is 0. The Bertz CT molecular complexity index is 1230. The van der Waals surface area contributed by atoms with Gasteiger partial charge in [-0.15, -0.1) is 0 Å². The number of carbonyl (C=O) groups excluding carboxylic acids is 1. The van der Waals surface area contributed by atoms with Gasteiger partial charge in [0.25, 0.3) is 15.9 Å². The molecule has 1 N–H and O–H groups in total. The Hall–Kier alpha value is -3.52. The lowest BCUT2D eigenvalue weighted by Crippen LogP contribution is -2.31. The Labute approximate surface area is 181 Å². The number of nitrogens with one attached hydrogen (secondary N) is 1. The van der Waals surface area contributed by atoms with Gasteiger partial charge in [-0.1, -0.05) is 24.3 Å². The summed E-state index contributed by atoms with van der Waals surface area (Å²) in [7, 11) is -3.85. The smallest absolute Gasteiger partial charge is 0.264 e. The number of ether oxygens (including phenoxy) is 2. The molecule has 0 aliphatic carbocycles. The molecule has 3 aromatic carbocycles. The Balaban J connectivity index is 1.64. The summed E-state index contributed by atoms with van der Waals surface area (Å²) in [5.74, 6) is 0.742. The van der Waals surface area contributed by atoms with Crippen LogP contribution in [-0.4, -0.2) is 27.7 Å². The van der Waals surface area contributed by atoms with Gasteiger partial charge in [0.1, 0.15) is 0 Å². The molecule has 4 rings (SSSR count). The second-order valence-corrected chi connectivity index (χ2v) is 8.84. The molecule has 0 unspecified atom stereocenters. The Morgan fingerprint density at radius 1 is 1.00 bits per heavy atom. The van der Waals surface area contributed by atoms with Crippen LogP contribution in [0.2, 0.25) is 0 Å². The normalized spacial score (nSPS) is 12.5. The minimum atomic E-state index is -3.85. The highest BCUT2D eigenvalue weighted by Crippen LogP contribution is 2.34. The molecule has 0 atom stereocenters. The lowest BCUT2D eigenvalue weighted by atomic mass is 10.1. The van der Waals surface area contributed by atoms with Crippen LogP contribution >= 0.6 is 0 Å². The number of amides is 1. The molecule has 1 amide bonds. The van der Waals surface area contributed by atoms with E-state index in [1.54, 1.807) is 68.4 Å². The third-order valence-corrected chi connectivity index (χ3v) is 7.03. The van der Waals surface area contributed by atoms with Crippen molar-refractivity contribution in [1.29, 1.82) is 0 Å². The van der Waals surface area contributed by atoms with Crippen LogP contribution in [0.1, 0.15) is 22.8 Å². The van der Waals surface area contributed by atoms with Crippen molar-refractivity contribution >= 4 is 27.3 Å². The first-order valence-corrected chi connectivity index (χ1v) is 11.2. The van der Waals surface area contributed by atoms with E-state index >= 15 is 0 Å². The number of para-hydroxylation sites is 1. The SMILES string of the molecule is CCN(c1ccccc1)S(=O)(=O)c1cc(C(=O)Nc2ccc3c(c2)OCO3)ccc1C. The second kappa shape index (κ2) is 8.31. The number of nitrogens with zero attached hydrogens (tertiary/aromatic N) is 1. The van der Waals surface area contributed by atoms with Crippen molar-refractivity contribution in [3.8, 4) is 11.5 Å². The van der Waals surface area contributed by atoms with Crippen molar-refractivity contribution < 1.29 is 22.7 Å². The summed E-state index contributed by atoms with van der Waals surface area (Å²) < 4.78 is 38.7. The molecular weight excluding hydrogens is 416 g/mol. The molecular formula is C23H22N2O5S. The molecule has 31 heavy (non-hydrogen) atoms. The van der Waals surface area contributed by atoms with Gasteiger partial charge in [-0.2, -0.15) is 0 Å². The predicted molar refractivity (Wildman–Crippen MR) is 118 cm³/mol. The van der Waals surface area contributed by atoms with E-state index in [9.17, 15) is 13.2 Å². The fourth-order valence-corrected chi connectivity index (χ4v) is 5.13. The van der Waals surface area contributed by atoms with Gasteiger partial charge in [-0.25, -0.2) is 8.42 Å². The van der Waals surface area contributed by atoms with Crippen molar-refractivity contribution in [1.82, 2.24) is 0 Å². The van der Waals surface area contributed by atoms with Gasteiger partial charge in [0, 0.05) is 23.9 Å². The standard InChI is InChI=1S/C23H22N2O5S/c1-3-25(19-7-5-4-6-8-19)31(27,28)22-13-17(10-9-16(22)2)23(26)24-18-11-12-20-21(14-18)30-15-29-20/h4-14H,3,15H2,1-2H3,(H,24,26). The van der Waals surface area contributed by atoms with E-state index in [2.05, 4.69) is 5.32 Å². The molecule has 0 saturated carbocycles. The topological polar surface area (TPSA) is 84.9 Å². The number of hydrogen-bond acceptors (Lipinski definition) is 5. The van der Waals surface area contributed by atoms with Crippen LogP contribution in [0.15, 0.2) is 71.6 Å². The molecule has 3 aromatic rings. The summed E-state index contributed by atoms with van der Waals surface area (Å²) >= 11 is 0. The number of anilines is 2. The maximum absolute atomic E-state index is 13.4. The molecule has 0 fully saturated rings. The van der Waals surface area contributed by atoms with Gasteiger partial charge < -0.3 is 14.8 Å². The number of carbonyl (C=O) groups is 1. The number of rotatable bonds is 6. The van der Waals surface area contributed by atoms with Crippen LogP contribution < -0.4 is 19.1 Å². The van der Waals surface area contributed by atoms with Gasteiger partial charge in [0.15, 0.2) is 11.5 Å². The molecule has 0 spiro atoms. The highest BCUT2D eigenvalue weighted by atomic mass is 32.2. The zero-order chi connectivity index (χ0) is 22.0. The van der Waals surface area contributed by atoms with Crippen LogP contribution in [0, 0.1) is 6.92 Å². The van der Waals surface area contributed by atoms with Crippen LogP contribution in [0.25, 0.3) is 0 Å². The van der Waals surface area contributed by atoms with Crippen molar-refractivity contribution in [2.24, 2.45) is 0 Å². The van der Waals surface area contributed by atoms with E-state index in [0.29, 0.717) is 28.4 Å². The average molecular weight is 439 g/mol. The molecule has 0 aromatic heterocycles. The van der Waals surface area contributed by atoms with Crippen LogP contribution in [-0.2, 0) is 10.0 Å². The molecule has 8 heteroatoms. The summed E-state index contributed by atoms with van der Waals surface area (Å²) in [6, 6.07) is 18.6. The lowest BCUT2D eigenvalue weighted by Gasteiger charge is -2.24. The minimum absolute atomic E-state index is 0.0940. The van der Waals surface area contributed by atoms with Gasteiger partial charge >= 0.3 is 0 Å². The maximum atomic E-state index is 13.4. The third kappa shape index (κ3) is 4.06. The molecule has 1 heterocycles. The number of benzene rings is 3. The van der Waals surface area contributed by atoms with Crippen LogP contribution in [0.3, 0.4) is 0 Å². The minimum Gasteiger partial charge on any atom is -0.454 e. The molecule has 7 nitrogen and oxygen atoms in total. The van der Waals surface area contributed by atoms with Gasteiger partial charge in [-0.3, -0.25) is 9.10 Å². The highest BCUT2D eigenvalue weighted by molar-refractivity contribution is 7.92. The Morgan fingerprint density at radius 2 is 1.74 bits per heavy atom. The summed E-state index contributed by atoms with van der Waals surface area (Å²) in [5, 5.41) is 2.78. The molecule has 1 aliphatic heterocycles. The average Bonchev–Trinajstić information content (AvgIpc) is 3.23. The zero-order valence-electron chi connectivity index (χ0n) is 17.2. The van der Waals surface area contributed by atoms with Crippen molar-refractivity contribution in [2.45, 2.75) is 18.7 Å². The number of sulfonamides is 1. The largest absolute Gasteiger partial charge is 0.454 e. The number of fused-ring (bicyclic) bond motifs is 1. The van der Waals surface area contributed by atoms with Crippen LogP contribution in [0.4, 0.5) is 11.4 Å². The fraction of sp³-hybridized carbons (Fsp3) is 0.174. The van der Waals surface area contributed by atoms with E-state index < -0.39 is 15.9 Å². The summed E-state index contributed by atoms with van der Waals surface area (Å²) in [4.78, 5) is 12.9. The van der Waals surface area contributed by atoms with E-state index in [0.717, 1.165) is 0 Å². The van der Waals surface area contributed by atoms with Gasteiger partial charge in [-0.05, 0) is 55.8 Å². The van der Waals surface area contributed by atoms with E-state index in [4.69, 9.17) is 9.47 Å². The summed E-state index contributed by atoms with van der Waals surface area (Å²) in [5.41, 5.74) is 1.90. The van der Waals surface area contributed by atoms with E-state index in [1.807, 2.05) is 6.07 Å².